The maximum atomic E-state index is 11.9. The van der Waals surface area contributed by atoms with Crippen molar-refractivity contribution in [3.05, 3.63) is 0 Å². The number of thioether (sulfide) groups is 1. The highest BCUT2D eigenvalue weighted by Gasteiger charge is 2.30. The molecule has 4 nitrogen and oxygen atoms in total. The molecule has 2 atom stereocenters. The number of carbonyl (C=O) groups is 1. The van der Waals surface area contributed by atoms with Crippen molar-refractivity contribution in [1.29, 1.82) is 0 Å². The normalized spacial score (nSPS) is 30.4. The van der Waals surface area contributed by atoms with Crippen LogP contribution in [0, 0.1) is 5.92 Å². The lowest BCUT2D eigenvalue weighted by atomic mass is 10.0. The molecule has 0 aromatic carbocycles. The van der Waals surface area contributed by atoms with E-state index in [9.17, 15) is 4.79 Å². The van der Waals surface area contributed by atoms with Crippen molar-refractivity contribution < 1.29 is 9.53 Å². The van der Waals surface area contributed by atoms with E-state index in [2.05, 4.69) is 5.32 Å². The van der Waals surface area contributed by atoms with Crippen molar-refractivity contribution in [2.45, 2.75) is 37.9 Å². The van der Waals surface area contributed by atoms with E-state index in [1.54, 1.807) is 0 Å². The molecular weight excluding hydrogens is 236 g/mol. The third-order valence-electron chi connectivity index (χ3n) is 3.57. The molecule has 0 spiro atoms. The molecule has 98 valence electrons. The Morgan fingerprint density at radius 2 is 2.06 bits per heavy atom. The van der Waals surface area contributed by atoms with Crippen LogP contribution in [0.15, 0.2) is 0 Å². The van der Waals surface area contributed by atoms with Crippen LogP contribution in [0.4, 0.5) is 0 Å². The van der Waals surface area contributed by atoms with Gasteiger partial charge in [0, 0.05) is 13.1 Å². The van der Waals surface area contributed by atoms with Gasteiger partial charge in [0.25, 0.3) is 0 Å². The lowest BCUT2D eigenvalue weighted by Gasteiger charge is -2.22. The summed E-state index contributed by atoms with van der Waals surface area (Å²) in [5.74, 6) is 3.18. The van der Waals surface area contributed by atoms with Gasteiger partial charge in [-0.2, -0.15) is 11.8 Å². The third-order valence-corrected chi connectivity index (χ3v) is 4.62. The van der Waals surface area contributed by atoms with Gasteiger partial charge in [0.2, 0.25) is 5.91 Å². The van der Waals surface area contributed by atoms with Crippen LogP contribution in [0.25, 0.3) is 0 Å². The predicted octanol–water partition coefficient (Wildman–Crippen LogP) is 0.752. The zero-order valence-electron chi connectivity index (χ0n) is 10.2. The van der Waals surface area contributed by atoms with Gasteiger partial charge in [-0.05, 0) is 43.1 Å². The Labute approximate surface area is 107 Å². The molecule has 0 radical (unpaired) electrons. The summed E-state index contributed by atoms with van der Waals surface area (Å²) in [4.78, 5) is 11.9. The van der Waals surface area contributed by atoms with Crippen LogP contribution >= 0.6 is 11.8 Å². The molecule has 2 fully saturated rings. The van der Waals surface area contributed by atoms with E-state index in [1.807, 2.05) is 11.8 Å². The smallest absolute Gasteiger partial charge is 0.249 e. The number of ether oxygens (including phenoxy) is 1. The Morgan fingerprint density at radius 1 is 1.29 bits per heavy atom. The molecule has 2 saturated heterocycles. The number of amides is 1. The monoisotopic (exact) mass is 258 g/mol. The van der Waals surface area contributed by atoms with Gasteiger partial charge in [-0.15, -0.1) is 0 Å². The molecule has 0 saturated carbocycles. The molecule has 0 bridgehead atoms. The van der Waals surface area contributed by atoms with Gasteiger partial charge in [-0.25, -0.2) is 0 Å². The molecule has 1 amide bonds. The minimum atomic E-state index is -0.262. The number of carbonyl (C=O) groups excluding carboxylic acids is 1. The van der Waals surface area contributed by atoms with E-state index in [0.717, 1.165) is 19.4 Å². The van der Waals surface area contributed by atoms with Gasteiger partial charge >= 0.3 is 0 Å². The maximum Gasteiger partial charge on any atom is 0.249 e. The van der Waals surface area contributed by atoms with Crippen LogP contribution in [-0.2, 0) is 9.53 Å². The highest BCUT2D eigenvalue weighted by molar-refractivity contribution is 7.99. The third kappa shape index (κ3) is 3.86. The summed E-state index contributed by atoms with van der Waals surface area (Å²) in [7, 11) is 0. The van der Waals surface area contributed by atoms with Gasteiger partial charge in [0.05, 0.1) is 6.10 Å². The molecule has 0 unspecified atom stereocenters. The highest BCUT2D eigenvalue weighted by atomic mass is 32.2. The second kappa shape index (κ2) is 6.61. The SMILES string of the molecule is NC[C@H]1CC[C@@H](C(=O)NCC2CCSCC2)O1. The molecule has 2 aliphatic heterocycles. The molecule has 2 heterocycles. The van der Waals surface area contributed by atoms with Crippen LogP contribution < -0.4 is 11.1 Å². The number of rotatable bonds is 4. The van der Waals surface area contributed by atoms with Crippen molar-refractivity contribution >= 4 is 17.7 Å². The summed E-state index contributed by atoms with van der Waals surface area (Å²) in [6.45, 7) is 1.33. The summed E-state index contributed by atoms with van der Waals surface area (Å²) in [5, 5.41) is 3.02. The molecule has 0 aromatic rings. The molecule has 3 N–H and O–H groups in total. The van der Waals surface area contributed by atoms with E-state index >= 15 is 0 Å². The average molecular weight is 258 g/mol. The fraction of sp³-hybridized carbons (Fsp3) is 0.917. The molecule has 0 aromatic heterocycles. The molecule has 5 heteroatoms. The van der Waals surface area contributed by atoms with Crippen LogP contribution in [0.5, 0.6) is 0 Å². The largest absolute Gasteiger partial charge is 0.364 e. The first kappa shape index (κ1) is 13.2. The van der Waals surface area contributed by atoms with Crippen molar-refractivity contribution in [2.24, 2.45) is 11.7 Å². The Hall–Kier alpha value is -0.260. The van der Waals surface area contributed by atoms with Crippen molar-refractivity contribution in [3.63, 3.8) is 0 Å². The molecular formula is C12H22N2O2S. The fourth-order valence-electron chi connectivity index (χ4n) is 2.38. The Bertz CT molecular complexity index is 257. The van der Waals surface area contributed by atoms with Crippen LogP contribution in [0.1, 0.15) is 25.7 Å². The van der Waals surface area contributed by atoms with Gasteiger partial charge in [-0.3, -0.25) is 4.79 Å². The second-order valence-corrected chi connectivity index (χ2v) is 6.09. The summed E-state index contributed by atoms with van der Waals surface area (Å²) >= 11 is 2.01. The van der Waals surface area contributed by atoms with Crippen LogP contribution in [0.3, 0.4) is 0 Å². The van der Waals surface area contributed by atoms with E-state index < -0.39 is 0 Å². The first-order chi connectivity index (χ1) is 8.29. The second-order valence-electron chi connectivity index (χ2n) is 4.86. The lowest BCUT2D eigenvalue weighted by Crippen LogP contribution is -2.38. The number of hydrogen-bond donors (Lipinski definition) is 2. The van der Waals surface area contributed by atoms with Crippen molar-refractivity contribution in [1.82, 2.24) is 5.32 Å². The minimum Gasteiger partial charge on any atom is -0.364 e. The van der Waals surface area contributed by atoms with Crippen molar-refractivity contribution in [2.75, 3.05) is 24.6 Å². The number of nitrogens with one attached hydrogen (secondary N) is 1. The Morgan fingerprint density at radius 3 is 2.71 bits per heavy atom. The topological polar surface area (TPSA) is 64.4 Å². The van der Waals surface area contributed by atoms with E-state index in [0.29, 0.717) is 12.5 Å². The number of nitrogens with two attached hydrogens (primary N) is 1. The quantitative estimate of drug-likeness (QED) is 0.781. The lowest BCUT2D eigenvalue weighted by molar-refractivity contribution is -0.132. The average Bonchev–Trinajstić information content (AvgIpc) is 2.86. The summed E-state index contributed by atoms with van der Waals surface area (Å²) < 4.78 is 5.57. The van der Waals surface area contributed by atoms with Gasteiger partial charge in [-0.1, -0.05) is 0 Å². The Balaban J connectivity index is 1.66. The van der Waals surface area contributed by atoms with E-state index in [1.165, 1.54) is 24.3 Å². The fourth-order valence-corrected chi connectivity index (χ4v) is 3.59. The van der Waals surface area contributed by atoms with Gasteiger partial charge in [0.15, 0.2) is 0 Å². The van der Waals surface area contributed by atoms with E-state index in [-0.39, 0.29) is 18.1 Å². The van der Waals surface area contributed by atoms with Gasteiger partial charge < -0.3 is 15.8 Å². The summed E-state index contributed by atoms with van der Waals surface area (Å²) in [5.41, 5.74) is 5.53. The maximum absolute atomic E-state index is 11.9. The predicted molar refractivity (Wildman–Crippen MR) is 70.0 cm³/mol. The molecule has 0 aliphatic carbocycles. The van der Waals surface area contributed by atoms with Crippen LogP contribution in [-0.4, -0.2) is 42.7 Å². The van der Waals surface area contributed by atoms with Gasteiger partial charge in [0.1, 0.15) is 6.10 Å². The first-order valence-electron chi connectivity index (χ1n) is 6.50. The highest BCUT2D eigenvalue weighted by Crippen LogP contribution is 2.22. The first-order valence-corrected chi connectivity index (χ1v) is 7.66. The van der Waals surface area contributed by atoms with E-state index in [4.69, 9.17) is 10.5 Å². The molecule has 2 rings (SSSR count). The zero-order chi connectivity index (χ0) is 12.1. The Kier molecular flexibility index (Phi) is 5.13. The summed E-state index contributed by atoms with van der Waals surface area (Å²) in [6, 6.07) is 0. The van der Waals surface area contributed by atoms with Crippen molar-refractivity contribution in [3.8, 4) is 0 Å². The number of hydrogen-bond acceptors (Lipinski definition) is 4. The molecule has 2 aliphatic rings. The summed E-state index contributed by atoms with van der Waals surface area (Å²) in [6.07, 6.45) is 3.99. The van der Waals surface area contributed by atoms with Crippen LogP contribution in [0.2, 0.25) is 0 Å². The minimum absolute atomic E-state index is 0.0548. The zero-order valence-corrected chi connectivity index (χ0v) is 11.0. The standard InChI is InChI=1S/C12H22N2O2S/c13-7-10-1-2-11(16-10)12(15)14-8-9-3-5-17-6-4-9/h9-11H,1-8,13H2,(H,14,15)/t10-,11+/m1/s1. The molecule has 17 heavy (non-hydrogen) atoms.